The van der Waals surface area contributed by atoms with Crippen molar-refractivity contribution in [3.05, 3.63) is 35.2 Å². The Kier molecular flexibility index (Phi) is 3.21. The number of fused-ring (bicyclic) bond motifs is 3. The van der Waals surface area contributed by atoms with Gasteiger partial charge in [-0.15, -0.1) is 0 Å². The topological polar surface area (TPSA) is 49.4 Å². The molecule has 0 spiro atoms. The average molecular weight is 298 g/mol. The molecular formula is C18H22N2O2. The van der Waals surface area contributed by atoms with Crippen molar-refractivity contribution in [3.63, 3.8) is 0 Å². The third-order valence-corrected chi connectivity index (χ3v) is 5.53. The Morgan fingerprint density at radius 2 is 2.32 bits per heavy atom. The van der Waals surface area contributed by atoms with Crippen molar-refractivity contribution in [2.75, 3.05) is 6.54 Å². The number of carbonyl (C=O) groups excluding carboxylic acids is 2. The van der Waals surface area contributed by atoms with Crippen LogP contribution in [0.3, 0.4) is 0 Å². The SMILES string of the molecule is CCC(=O)C1=CC(=O)C2=C(C1)CC1CN3C=CCCC3C1N2. The first-order valence-corrected chi connectivity index (χ1v) is 8.36. The summed E-state index contributed by atoms with van der Waals surface area (Å²) < 4.78 is 0. The van der Waals surface area contributed by atoms with Gasteiger partial charge in [0.25, 0.3) is 0 Å². The predicted octanol–water partition coefficient (Wildman–Crippen LogP) is 2.09. The summed E-state index contributed by atoms with van der Waals surface area (Å²) in [6.07, 6.45) is 10.4. The molecule has 4 aliphatic rings. The molecule has 3 atom stereocenters. The van der Waals surface area contributed by atoms with E-state index in [2.05, 4.69) is 22.5 Å². The fourth-order valence-electron chi connectivity index (χ4n) is 4.45. The summed E-state index contributed by atoms with van der Waals surface area (Å²) in [5, 5.41) is 3.54. The normalized spacial score (nSPS) is 33.0. The van der Waals surface area contributed by atoms with E-state index in [1.807, 2.05) is 6.92 Å². The number of nitrogens with zero attached hydrogens (tertiary/aromatic N) is 1. The molecule has 0 radical (unpaired) electrons. The lowest BCUT2D eigenvalue weighted by Crippen LogP contribution is -2.48. The number of Topliss-reactive ketones (excluding diaryl/α,β-unsaturated/α-hetero) is 1. The summed E-state index contributed by atoms with van der Waals surface area (Å²) in [7, 11) is 0. The molecule has 0 bridgehead atoms. The van der Waals surface area contributed by atoms with Gasteiger partial charge in [-0.2, -0.15) is 0 Å². The highest BCUT2D eigenvalue weighted by atomic mass is 16.1. The van der Waals surface area contributed by atoms with E-state index in [4.69, 9.17) is 0 Å². The number of rotatable bonds is 2. The van der Waals surface area contributed by atoms with Crippen LogP contribution in [0.15, 0.2) is 35.2 Å². The van der Waals surface area contributed by atoms with Gasteiger partial charge >= 0.3 is 0 Å². The highest BCUT2D eigenvalue weighted by Gasteiger charge is 2.45. The summed E-state index contributed by atoms with van der Waals surface area (Å²) >= 11 is 0. The molecule has 0 aromatic carbocycles. The summed E-state index contributed by atoms with van der Waals surface area (Å²) in [4.78, 5) is 26.8. The Hall–Kier alpha value is -1.84. The van der Waals surface area contributed by atoms with Crippen LogP contribution in [0.25, 0.3) is 0 Å². The second-order valence-corrected chi connectivity index (χ2v) is 6.83. The minimum Gasteiger partial charge on any atom is -0.377 e. The van der Waals surface area contributed by atoms with Crippen molar-refractivity contribution in [1.29, 1.82) is 0 Å². The highest BCUT2D eigenvalue weighted by Crippen LogP contribution is 2.40. The minimum atomic E-state index is 0.00121. The summed E-state index contributed by atoms with van der Waals surface area (Å²) in [5.41, 5.74) is 2.63. The number of hydrogen-bond donors (Lipinski definition) is 1. The quantitative estimate of drug-likeness (QED) is 0.848. The molecule has 0 aromatic heterocycles. The monoisotopic (exact) mass is 298 g/mol. The van der Waals surface area contributed by atoms with Gasteiger partial charge in [0.15, 0.2) is 5.78 Å². The third-order valence-electron chi connectivity index (χ3n) is 5.53. The van der Waals surface area contributed by atoms with Crippen molar-refractivity contribution >= 4 is 11.6 Å². The van der Waals surface area contributed by atoms with Crippen molar-refractivity contribution in [2.45, 2.75) is 51.1 Å². The Bertz CT molecular complexity index is 629. The number of nitrogens with one attached hydrogen (secondary N) is 1. The van der Waals surface area contributed by atoms with Gasteiger partial charge in [0.1, 0.15) is 0 Å². The second-order valence-electron chi connectivity index (χ2n) is 6.83. The molecule has 0 aromatic rings. The Morgan fingerprint density at radius 1 is 1.45 bits per heavy atom. The first-order chi connectivity index (χ1) is 10.7. The molecule has 4 heteroatoms. The standard InChI is InChI=1S/C18H22N2O2/c1-2-15(21)11-7-12-8-13-10-20-6-4-3-5-14(20)17(13)19-18(12)16(22)9-11/h4,6,9,13-14,17,19H,2-3,5,7-8,10H2,1H3. The minimum absolute atomic E-state index is 0.00121. The first-order valence-electron chi connectivity index (χ1n) is 8.36. The molecule has 1 N–H and O–H groups in total. The second kappa shape index (κ2) is 5.11. The molecule has 3 aliphatic heterocycles. The van der Waals surface area contributed by atoms with E-state index in [0.29, 0.717) is 36.4 Å². The molecular weight excluding hydrogens is 276 g/mol. The molecule has 3 heterocycles. The van der Waals surface area contributed by atoms with E-state index < -0.39 is 0 Å². The smallest absolute Gasteiger partial charge is 0.202 e. The maximum Gasteiger partial charge on any atom is 0.202 e. The van der Waals surface area contributed by atoms with Crippen LogP contribution >= 0.6 is 0 Å². The van der Waals surface area contributed by atoms with Crippen molar-refractivity contribution in [3.8, 4) is 0 Å². The number of hydrogen-bond acceptors (Lipinski definition) is 4. The molecule has 1 aliphatic carbocycles. The van der Waals surface area contributed by atoms with Gasteiger partial charge in [-0.1, -0.05) is 13.0 Å². The van der Waals surface area contributed by atoms with Gasteiger partial charge in [-0.05, 0) is 43.5 Å². The van der Waals surface area contributed by atoms with Gasteiger partial charge in [0.2, 0.25) is 5.78 Å². The van der Waals surface area contributed by atoms with Gasteiger partial charge in [0.05, 0.1) is 11.7 Å². The number of carbonyl (C=O) groups is 2. The van der Waals surface area contributed by atoms with Crippen LogP contribution in [-0.4, -0.2) is 35.1 Å². The van der Waals surface area contributed by atoms with Crippen LogP contribution in [0.2, 0.25) is 0 Å². The third kappa shape index (κ3) is 2.04. The van der Waals surface area contributed by atoms with Crippen LogP contribution in [0.1, 0.15) is 39.0 Å². The van der Waals surface area contributed by atoms with Gasteiger partial charge in [0, 0.05) is 30.5 Å². The zero-order chi connectivity index (χ0) is 15.3. The van der Waals surface area contributed by atoms with Crippen molar-refractivity contribution in [1.82, 2.24) is 10.2 Å². The van der Waals surface area contributed by atoms with Crippen molar-refractivity contribution in [2.24, 2.45) is 5.92 Å². The van der Waals surface area contributed by atoms with Crippen LogP contribution in [0.4, 0.5) is 0 Å². The average Bonchev–Trinajstić information content (AvgIpc) is 2.89. The maximum absolute atomic E-state index is 12.4. The first kappa shape index (κ1) is 13.8. The number of ketones is 2. The lowest BCUT2D eigenvalue weighted by molar-refractivity contribution is -0.116. The molecule has 4 rings (SSSR count). The fraction of sp³-hybridized carbons (Fsp3) is 0.556. The molecule has 0 amide bonds. The largest absolute Gasteiger partial charge is 0.377 e. The number of allylic oxidation sites excluding steroid dienone is 4. The van der Waals surface area contributed by atoms with Gasteiger partial charge in [-0.3, -0.25) is 9.59 Å². The Labute approximate surface area is 130 Å². The van der Waals surface area contributed by atoms with E-state index in [9.17, 15) is 9.59 Å². The van der Waals surface area contributed by atoms with Crippen LogP contribution in [0, 0.1) is 5.92 Å². The predicted molar refractivity (Wildman–Crippen MR) is 83.9 cm³/mol. The summed E-state index contributed by atoms with van der Waals surface area (Å²) in [5.74, 6) is 0.658. The van der Waals surface area contributed by atoms with Crippen LogP contribution < -0.4 is 5.32 Å². The summed E-state index contributed by atoms with van der Waals surface area (Å²) in [6.45, 7) is 2.92. The maximum atomic E-state index is 12.4. The molecule has 0 saturated carbocycles. The van der Waals surface area contributed by atoms with Gasteiger partial charge in [-0.25, -0.2) is 0 Å². The molecule has 116 valence electrons. The molecule has 1 fully saturated rings. The lowest BCUT2D eigenvalue weighted by atomic mass is 9.80. The van der Waals surface area contributed by atoms with Crippen molar-refractivity contribution < 1.29 is 9.59 Å². The summed E-state index contributed by atoms with van der Waals surface area (Å²) in [6, 6.07) is 0.893. The Morgan fingerprint density at radius 3 is 3.14 bits per heavy atom. The highest BCUT2D eigenvalue weighted by molar-refractivity contribution is 6.11. The molecule has 3 unspecified atom stereocenters. The van der Waals surface area contributed by atoms with E-state index >= 15 is 0 Å². The van der Waals surface area contributed by atoms with Crippen LogP contribution in [-0.2, 0) is 9.59 Å². The van der Waals surface area contributed by atoms with E-state index in [1.165, 1.54) is 0 Å². The van der Waals surface area contributed by atoms with E-state index in [-0.39, 0.29) is 11.6 Å². The molecule has 22 heavy (non-hydrogen) atoms. The molecule has 4 nitrogen and oxygen atoms in total. The Balaban J connectivity index is 1.59. The lowest BCUT2D eigenvalue weighted by Gasteiger charge is -2.36. The van der Waals surface area contributed by atoms with Crippen LogP contribution in [0.5, 0.6) is 0 Å². The zero-order valence-electron chi connectivity index (χ0n) is 13.0. The van der Waals surface area contributed by atoms with E-state index in [0.717, 1.165) is 37.1 Å². The van der Waals surface area contributed by atoms with Gasteiger partial charge < -0.3 is 10.2 Å². The molecule has 1 saturated heterocycles. The zero-order valence-corrected chi connectivity index (χ0v) is 13.0. The fourth-order valence-corrected chi connectivity index (χ4v) is 4.45. The van der Waals surface area contributed by atoms with E-state index in [1.54, 1.807) is 6.08 Å².